The van der Waals surface area contributed by atoms with Crippen LogP contribution in [0.15, 0.2) is 30.3 Å². The predicted molar refractivity (Wildman–Crippen MR) is 68.7 cm³/mol. The lowest BCUT2D eigenvalue weighted by Crippen LogP contribution is -2.38. The molecule has 1 rings (SSSR count). The van der Waals surface area contributed by atoms with E-state index < -0.39 is 0 Å². The molecular formula is C14H23NO. The zero-order chi connectivity index (χ0) is 11.8. The number of nitrogens with one attached hydrogen (secondary N) is 1. The molecule has 0 aromatic heterocycles. The molecule has 0 aliphatic heterocycles. The van der Waals surface area contributed by atoms with Crippen LogP contribution in [-0.4, -0.2) is 25.3 Å². The first kappa shape index (κ1) is 13.2. The minimum atomic E-state index is 0.415. The van der Waals surface area contributed by atoms with Crippen molar-refractivity contribution < 1.29 is 4.74 Å². The molecule has 0 heterocycles. The largest absolute Gasteiger partial charge is 0.380 e. The van der Waals surface area contributed by atoms with Crippen molar-refractivity contribution in [1.29, 1.82) is 0 Å². The second-order valence-electron chi connectivity index (χ2n) is 4.32. The van der Waals surface area contributed by atoms with E-state index in [1.165, 1.54) is 5.56 Å². The van der Waals surface area contributed by atoms with Crippen LogP contribution in [0.2, 0.25) is 0 Å². The van der Waals surface area contributed by atoms with Gasteiger partial charge in [0, 0.05) is 18.7 Å². The van der Waals surface area contributed by atoms with Crippen LogP contribution in [0.1, 0.15) is 26.3 Å². The van der Waals surface area contributed by atoms with Crippen LogP contribution in [0.4, 0.5) is 0 Å². The van der Waals surface area contributed by atoms with Gasteiger partial charge in [0.05, 0.1) is 6.61 Å². The Kier molecular flexibility index (Phi) is 6.12. The highest BCUT2D eigenvalue weighted by atomic mass is 16.5. The summed E-state index contributed by atoms with van der Waals surface area (Å²) in [5.74, 6) is 0. The summed E-state index contributed by atoms with van der Waals surface area (Å²) in [4.78, 5) is 0. The van der Waals surface area contributed by atoms with Crippen LogP contribution in [-0.2, 0) is 11.2 Å². The second-order valence-corrected chi connectivity index (χ2v) is 4.32. The van der Waals surface area contributed by atoms with Gasteiger partial charge >= 0.3 is 0 Å². The first-order valence-electron chi connectivity index (χ1n) is 6.10. The molecule has 2 nitrogen and oxygen atoms in total. The van der Waals surface area contributed by atoms with Gasteiger partial charge in [0.25, 0.3) is 0 Å². The summed E-state index contributed by atoms with van der Waals surface area (Å²) in [6.45, 7) is 7.99. The molecule has 0 fully saturated rings. The highest BCUT2D eigenvalue weighted by Gasteiger charge is 2.07. The average Bonchev–Trinajstić information content (AvgIpc) is 2.27. The Morgan fingerprint density at radius 2 is 1.81 bits per heavy atom. The predicted octanol–water partition coefficient (Wildman–Crippen LogP) is 2.63. The van der Waals surface area contributed by atoms with Crippen molar-refractivity contribution >= 4 is 0 Å². The van der Waals surface area contributed by atoms with Crippen LogP contribution >= 0.6 is 0 Å². The number of hydrogen-bond donors (Lipinski definition) is 1. The molecule has 2 heteroatoms. The highest BCUT2D eigenvalue weighted by Crippen LogP contribution is 2.03. The molecule has 0 saturated carbocycles. The van der Waals surface area contributed by atoms with E-state index in [-0.39, 0.29) is 0 Å². The Hall–Kier alpha value is -0.860. The molecule has 1 aromatic carbocycles. The topological polar surface area (TPSA) is 21.3 Å². The minimum Gasteiger partial charge on any atom is -0.380 e. The maximum Gasteiger partial charge on any atom is 0.0616 e. The van der Waals surface area contributed by atoms with Crippen LogP contribution in [0.3, 0.4) is 0 Å². The standard InChI is InChI=1S/C14H23NO/c1-4-16-11-13(3)15-12(2)10-14-8-6-5-7-9-14/h5-9,12-13,15H,4,10-11H2,1-3H3. The normalized spacial score (nSPS) is 14.7. The monoisotopic (exact) mass is 221 g/mol. The number of benzene rings is 1. The third-order valence-electron chi connectivity index (χ3n) is 2.53. The molecule has 0 saturated heterocycles. The number of rotatable bonds is 7. The van der Waals surface area contributed by atoms with Gasteiger partial charge in [-0.15, -0.1) is 0 Å². The molecule has 2 atom stereocenters. The van der Waals surface area contributed by atoms with Gasteiger partial charge in [-0.1, -0.05) is 30.3 Å². The van der Waals surface area contributed by atoms with E-state index in [4.69, 9.17) is 4.74 Å². The zero-order valence-electron chi connectivity index (χ0n) is 10.6. The zero-order valence-corrected chi connectivity index (χ0v) is 10.6. The molecule has 0 aliphatic rings. The molecule has 16 heavy (non-hydrogen) atoms. The molecule has 0 aliphatic carbocycles. The summed E-state index contributed by atoms with van der Waals surface area (Å²) in [7, 11) is 0. The van der Waals surface area contributed by atoms with Gasteiger partial charge in [-0.3, -0.25) is 0 Å². The van der Waals surface area contributed by atoms with Crippen molar-refractivity contribution in [2.75, 3.05) is 13.2 Å². The van der Waals surface area contributed by atoms with Gasteiger partial charge in [0.15, 0.2) is 0 Å². The summed E-state index contributed by atoms with van der Waals surface area (Å²) in [6.07, 6.45) is 1.07. The van der Waals surface area contributed by atoms with E-state index in [0.29, 0.717) is 12.1 Å². The van der Waals surface area contributed by atoms with Gasteiger partial charge in [-0.05, 0) is 32.8 Å². The Labute approximate surface area is 99.0 Å². The molecule has 90 valence electrons. The van der Waals surface area contributed by atoms with Crippen molar-refractivity contribution in [3.05, 3.63) is 35.9 Å². The van der Waals surface area contributed by atoms with Crippen molar-refractivity contribution in [2.24, 2.45) is 0 Å². The quantitative estimate of drug-likeness (QED) is 0.764. The summed E-state index contributed by atoms with van der Waals surface area (Å²) in [5.41, 5.74) is 1.38. The van der Waals surface area contributed by atoms with Crippen LogP contribution in [0, 0.1) is 0 Å². The van der Waals surface area contributed by atoms with E-state index in [9.17, 15) is 0 Å². The minimum absolute atomic E-state index is 0.415. The molecule has 1 aromatic rings. The third kappa shape index (κ3) is 5.29. The number of ether oxygens (including phenoxy) is 1. The first-order valence-corrected chi connectivity index (χ1v) is 6.10. The summed E-state index contributed by atoms with van der Waals surface area (Å²) < 4.78 is 5.38. The molecule has 2 unspecified atom stereocenters. The average molecular weight is 221 g/mol. The maximum atomic E-state index is 5.38. The van der Waals surface area contributed by atoms with E-state index >= 15 is 0 Å². The van der Waals surface area contributed by atoms with Gasteiger partial charge in [-0.2, -0.15) is 0 Å². The lowest BCUT2D eigenvalue weighted by atomic mass is 10.1. The van der Waals surface area contributed by atoms with Gasteiger partial charge in [0.2, 0.25) is 0 Å². The smallest absolute Gasteiger partial charge is 0.0616 e. The Balaban J connectivity index is 2.27. The van der Waals surface area contributed by atoms with Crippen LogP contribution in [0.25, 0.3) is 0 Å². The molecule has 1 N–H and O–H groups in total. The summed E-state index contributed by atoms with van der Waals surface area (Å²) in [5, 5.41) is 3.54. The molecular weight excluding hydrogens is 198 g/mol. The van der Waals surface area contributed by atoms with Gasteiger partial charge in [0.1, 0.15) is 0 Å². The molecule has 0 radical (unpaired) electrons. The van der Waals surface area contributed by atoms with E-state index in [2.05, 4.69) is 49.5 Å². The van der Waals surface area contributed by atoms with E-state index in [0.717, 1.165) is 19.6 Å². The Bertz CT molecular complexity index is 273. The van der Waals surface area contributed by atoms with Crippen LogP contribution < -0.4 is 5.32 Å². The molecule has 0 spiro atoms. The fourth-order valence-electron chi connectivity index (χ4n) is 1.86. The van der Waals surface area contributed by atoms with Crippen molar-refractivity contribution in [3.8, 4) is 0 Å². The lowest BCUT2D eigenvalue weighted by molar-refractivity contribution is 0.124. The second kappa shape index (κ2) is 7.42. The van der Waals surface area contributed by atoms with E-state index in [1.54, 1.807) is 0 Å². The van der Waals surface area contributed by atoms with Crippen molar-refractivity contribution in [1.82, 2.24) is 5.32 Å². The first-order chi connectivity index (χ1) is 7.72. The molecule has 0 amide bonds. The Morgan fingerprint density at radius 3 is 2.44 bits per heavy atom. The maximum absolute atomic E-state index is 5.38. The SMILES string of the molecule is CCOCC(C)NC(C)Cc1ccccc1. The number of hydrogen-bond acceptors (Lipinski definition) is 2. The van der Waals surface area contributed by atoms with Gasteiger partial charge in [-0.25, -0.2) is 0 Å². The summed E-state index contributed by atoms with van der Waals surface area (Å²) in [6, 6.07) is 11.5. The van der Waals surface area contributed by atoms with E-state index in [1.807, 2.05) is 6.92 Å². The lowest BCUT2D eigenvalue weighted by Gasteiger charge is -2.19. The fraction of sp³-hybridized carbons (Fsp3) is 0.571. The Morgan fingerprint density at radius 1 is 1.12 bits per heavy atom. The van der Waals surface area contributed by atoms with Crippen molar-refractivity contribution in [3.63, 3.8) is 0 Å². The highest BCUT2D eigenvalue weighted by molar-refractivity contribution is 5.15. The van der Waals surface area contributed by atoms with Crippen LogP contribution in [0.5, 0.6) is 0 Å². The van der Waals surface area contributed by atoms with Crippen molar-refractivity contribution in [2.45, 2.75) is 39.3 Å². The summed E-state index contributed by atoms with van der Waals surface area (Å²) >= 11 is 0. The fourth-order valence-corrected chi connectivity index (χ4v) is 1.86. The van der Waals surface area contributed by atoms with Gasteiger partial charge < -0.3 is 10.1 Å². The third-order valence-corrected chi connectivity index (χ3v) is 2.53. The molecule has 0 bridgehead atoms.